The molecular formula is C19H36N6O. The molecule has 2 rings (SSSR count). The van der Waals surface area contributed by atoms with Crippen molar-refractivity contribution < 1.29 is 4.52 Å². The average Bonchev–Trinajstić information content (AvgIpc) is 3.07. The van der Waals surface area contributed by atoms with Crippen molar-refractivity contribution in [1.29, 1.82) is 0 Å². The molecule has 2 heterocycles. The van der Waals surface area contributed by atoms with Gasteiger partial charge in [-0.1, -0.05) is 19.0 Å². The van der Waals surface area contributed by atoms with Crippen LogP contribution in [0.25, 0.3) is 0 Å². The Hall–Kier alpha value is -1.60. The molecule has 1 saturated heterocycles. The van der Waals surface area contributed by atoms with Gasteiger partial charge in [-0.2, -0.15) is 0 Å². The van der Waals surface area contributed by atoms with Crippen LogP contribution in [0.5, 0.6) is 0 Å². The fourth-order valence-electron chi connectivity index (χ4n) is 3.27. The fourth-order valence-corrected chi connectivity index (χ4v) is 3.27. The zero-order valence-electron chi connectivity index (χ0n) is 17.0. The predicted octanol–water partition coefficient (Wildman–Crippen LogP) is 1.49. The first-order valence-electron chi connectivity index (χ1n) is 9.99. The number of hydrogen-bond acceptors (Lipinski definition) is 5. The highest BCUT2D eigenvalue weighted by Gasteiger charge is 2.14. The molecule has 0 unspecified atom stereocenters. The summed E-state index contributed by atoms with van der Waals surface area (Å²) in [6.07, 6.45) is 4.13. The van der Waals surface area contributed by atoms with E-state index >= 15 is 0 Å². The van der Waals surface area contributed by atoms with E-state index < -0.39 is 0 Å². The number of likely N-dealkylation sites (N-methyl/N-ethyl adjacent to an activating group) is 1. The largest absolute Gasteiger partial charge is 0.361 e. The number of aromatic nitrogens is 1. The minimum Gasteiger partial charge on any atom is -0.361 e. The van der Waals surface area contributed by atoms with E-state index in [1.807, 2.05) is 7.05 Å². The third-order valence-electron chi connectivity index (χ3n) is 5.05. The highest BCUT2D eigenvalue weighted by molar-refractivity contribution is 5.79. The lowest BCUT2D eigenvalue weighted by Gasteiger charge is -2.32. The molecule has 1 fully saturated rings. The summed E-state index contributed by atoms with van der Waals surface area (Å²) in [7, 11) is 4.01. The lowest BCUT2D eigenvalue weighted by Crippen LogP contribution is -2.44. The SMILES string of the molecule is CCc1noc(CC)c1CNC(=NC)NCCCCN1CCN(C)CC1. The van der Waals surface area contributed by atoms with Gasteiger partial charge in [0, 0.05) is 58.3 Å². The second kappa shape index (κ2) is 11.2. The Kier molecular flexibility index (Phi) is 8.91. The highest BCUT2D eigenvalue weighted by Crippen LogP contribution is 2.15. The van der Waals surface area contributed by atoms with Gasteiger partial charge in [0.15, 0.2) is 5.96 Å². The van der Waals surface area contributed by atoms with Crippen LogP contribution >= 0.6 is 0 Å². The maximum atomic E-state index is 5.42. The highest BCUT2D eigenvalue weighted by atomic mass is 16.5. The Labute approximate surface area is 158 Å². The molecule has 0 atom stereocenters. The van der Waals surface area contributed by atoms with Crippen LogP contribution in [0.1, 0.15) is 43.7 Å². The summed E-state index contributed by atoms with van der Waals surface area (Å²) in [5.74, 6) is 1.81. The topological polar surface area (TPSA) is 68.9 Å². The summed E-state index contributed by atoms with van der Waals surface area (Å²) in [5, 5.41) is 11.0. The first-order chi connectivity index (χ1) is 12.7. The number of aliphatic imine (C=N–C) groups is 1. The summed E-state index contributed by atoms with van der Waals surface area (Å²) in [4.78, 5) is 9.29. The van der Waals surface area contributed by atoms with Crippen LogP contribution in [0.15, 0.2) is 9.52 Å². The summed E-state index contributed by atoms with van der Waals surface area (Å²) in [5.41, 5.74) is 2.21. The van der Waals surface area contributed by atoms with Gasteiger partial charge >= 0.3 is 0 Å². The third-order valence-corrected chi connectivity index (χ3v) is 5.05. The summed E-state index contributed by atoms with van der Waals surface area (Å²) in [6, 6.07) is 0. The Morgan fingerprint density at radius 2 is 1.88 bits per heavy atom. The zero-order valence-corrected chi connectivity index (χ0v) is 17.0. The van der Waals surface area contributed by atoms with E-state index in [9.17, 15) is 0 Å². The van der Waals surface area contributed by atoms with Gasteiger partial charge in [0.05, 0.1) is 5.69 Å². The lowest BCUT2D eigenvalue weighted by atomic mass is 10.1. The minimum absolute atomic E-state index is 0.705. The number of hydrogen-bond donors (Lipinski definition) is 2. The summed E-state index contributed by atoms with van der Waals surface area (Å²) >= 11 is 0. The van der Waals surface area contributed by atoms with Crippen LogP contribution in [0, 0.1) is 0 Å². The first-order valence-corrected chi connectivity index (χ1v) is 9.99. The molecule has 7 heteroatoms. The maximum absolute atomic E-state index is 5.42. The molecule has 1 aliphatic heterocycles. The third kappa shape index (κ3) is 6.29. The van der Waals surface area contributed by atoms with Crippen molar-refractivity contribution in [3.8, 4) is 0 Å². The van der Waals surface area contributed by atoms with Crippen LogP contribution in [-0.4, -0.2) is 74.3 Å². The zero-order chi connectivity index (χ0) is 18.8. The number of nitrogens with zero attached hydrogens (tertiary/aromatic N) is 4. The van der Waals surface area contributed by atoms with E-state index in [4.69, 9.17) is 4.52 Å². The monoisotopic (exact) mass is 364 g/mol. The normalized spacial score (nSPS) is 16.8. The van der Waals surface area contributed by atoms with Gasteiger partial charge in [0.25, 0.3) is 0 Å². The van der Waals surface area contributed by atoms with Crippen LogP contribution in [0.2, 0.25) is 0 Å². The van der Waals surface area contributed by atoms with Gasteiger partial charge in [-0.3, -0.25) is 4.99 Å². The molecule has 0 bridgehead atoms. The smallest absolute Gasteiger partial charge is 0.191 e. The Bertz CT molecular complexity index is 527. The van der Waals surface area contributed by atoms with Gasteiger partial charge < -0.3 is 25.0 Å². The number of rotatable bonds is 9. The second-order valence-electron chi connectivity index (χ2n) is 6.94. The molecule has 2 N–H and O–H groups in total. The molecule has 1 aromatic heterocycles. The van der Waals surface area contributed by atoms with E-state index in [-0.39, 0.29) is 0 Å². The molecule has 0 saturated carbocycles. The predicted molar refractivity (Wildman–Crippen MR) is 107 cm³/mol. The van der Waals surface area contributed by atoms with Gasteiger partial charge in [0.2, 0.25) is 0 Å². The van der Waals surface area contributed by atoms with Gasteiger partial charge in [-0.05, 0) is 32.9 Å². The van der Waals surface area contributed by atoms with E-state index in [2.05, 4.69) is 51.5 Å². The van der Waals surface area contributed by atoms with E-state index in [1.54, 1.807) is 0 Å². The van der Waals surface area contributed by atoms with Crippen LogP contribution in [0.3, 0.4) is 0 Å². The molecule has 0 amide bonds. The maximum Gasteiger partial charge on any atom is 0.191 e. The van der Waals surface area contributed by atoms with Crippen LogP contribution < -0.4 is 10.6 Å². The molecule has 0 aromatic carbocycles. The van der Waals surface area contributed by atoms with Gasteiger partial charge in [0.1, 0.15) is 5.76 Å². The first kappa shape index (κ1) is 20.7. The molecule has 1 aromatic rings. The average molecular weight is 365 g/mol. The van der Waals surface area contributed by atoms with Gasteiger partial charge in [-0.25, -0.2) is 0 Å². The van der Waals surface area contributed by atoms with Crippen LogP contribution in [-0.2, 0) is 19.4 Å². The summed E-state index contributed by atoms with van der Waals surface area (Å²) in [6.45, 7) is 11.8. The van der Waals surface area contributed by atoms with E-state index in [0.29, 0.717) is 6.54 Å². The lowest BCUT2D eigenvalue weighted by molar-refractivity contribution is 0.152. The van der Waals surface area contributed by atoms with Crippen molar-refractivity contribution in [3.63, 3.8) is 0 Å². The number of unbranched alkanes of at least 4 members (excludes halogenated alkanes) is 1. The molecule has 0 radical (unpaired) electrons. The Morgan fingerprint density at radius 3 is 2.54 bits per heavy atom. The van der Waals surface area contributed by atoms with Crippen molar-refractivity contribution in [1.82, 2.24) is 25.6 Å². The van der Waals surface area contributed by atoms with Gasteiger partial charge in [-0.15, -0.1) is 0 Å². The van der Waals surface area contributed by atoms with Crippen molar-refractivity contribution in [3.05, 3.63) is 17.0 Å². The molecule has 26 heavy (non-hydrogen) atoms. The standard InChI is InChI=1S/C19H36N6O/c1-5-17-16(18(6-2)26-23-17)15-22-19(20-3)21-9-7-8-10-25-13-11-24(4)12-14-25/h5-15H2,1-4H3,(H2,20,21,22). The van der Waals surface area contributed by atoms with E-state index in [0.717, 1.165) is 43.2 Å². The fraction of sp³-hybridized carbons (Fsp3) is 0.789. The molecular weight excluding hydrogens is 328 g/mol. The number of aryl methyl sites for hydroxylation is 2. The van der Waals surface area contributed by atoms with Crippen molar-refractivity contribution in [2.45, 2.75) is 46.1 Å². The molecule has 0 aliphatic carbocycles. The van der Waals surface area contributed by atoms with Crippen LogP contribution in [0.4, 0.5) is 0 Å². The van der Waals surface area contributed by atoms with Crippen molar-refractivity contribution >= 4 is 5.96 Å². The molecule has 148 valence electrons. The van der Waals surface area contributed by atoms with Crippen molar-refractivity contribution in [2.75, 3.05) is 53.4 Å². The van der Waals surface area contributed by atoms with Crippen molar-refractivity contribution in [2.24, 2.45) is 4.99 Å². The number of nitrogens with one attached hydrogen (secondary N) is 2. The minimum atomic E-state index is 0.705. The molecule has 1 aliphatic rings. The summed E-state index contributed by atoms with van der Waals surface area (Å²) < 4.78 is 5.42. The molecule has 0 spiro atoms. The Balaban J connectivity index is 1.64. The quantitative estimate of drug-likeness (QED) is 0.393. The van der Waals surface area contributed by atoms with E-state index in [1.165, 1.54) is 44.7 Å². The Morgan fingerprint density at radius 1 is 1.12 bits per heavy atom. The second-order valence-corrected chi connectivity index (χ2v) is 6.94. The molecule has 7 nitrogen and oxygen atoms in total. The number of piperazine rings is 1. The number of guanidine groups is 1.